The standard InChI is InChI=1S/C21H17FN2O3/c22-17-10-8-15(9-11-17)14-23-21(26)19(13-18-7-4-12-27-18)24-20(25)16-5-2-1-3-6-16/h1-13H,14H2,(H,23,26)(H,24,25)/b19-13+. The molecule has 1 aromatic heterocycles. The first-order chi connectivity index (χ1) is 13.1. The summed E-state index contributed by atoms with van der Waals surface area (Å²) in [6.07, 6.45) is 2.92. The number of nitrogens with one attached hydrogen (secondary N) is 2. The molecule has 0 saturated heterocycles. The van der Waals surface area contributed by atoms with Crippen molar-refractivity contribution in [1.82, 2.24) is 10.6 Å². The van der Waals surface area contributed by atoms with E-state index < -0.39 is 11.8 Å². The lowest BCUT2D eigenvalue weighted by Crippen LogP contribution is -2.34. The van der Waals surface area contributed by atoms with Gasteiger partial charge in [0.1, 0.15) is 17.3 Å². The topological polar surface area (TPSA) is 71.3 Å². The SMILES string of the molecule is O=C(NCc1ccc(F)cc1)/C(=C\c1ccco1)NC(=O)c1ccccc1. The zero-order chi connectivity index (χ0) is 19.1. The average Bonchev–Trinajstić information content (AvgIpc) is 3.20. The second kappa shape index (κ2) is 8.62. The van der Waals surface area contributed by atoms with Gasteiger partial charge in [-0.05, 0) is 42.0 Å². The van der Waals surface area contributed by atoms with Crippen LogP contribution in [0.2, 0.25) is 0 Å². The molecule has 2 aromatic carbocycles. The lowest BCUT2D eigenvalue weighted by Gasteiger charge is -2.11. The Morgan fingerprint density at radius 3 is 2.37 bits per heavy atom. The molecule has 2 N–H and O–H groups in total. The van der Waals surface area contributed by atoms with Crippen LogP contribution in [0.4, 0.5) is 4.39 Å². The molecule has 0 bridgehead atoms. The molecule has 6 heteroatoms. The van der Waals surface area contributed by atoms with Gasteiger partial charge in [-0.2, -0.15) is 0 Å². The summed E-state index contributed by atoms with van der Waals surface area (Å²) in [5.41, 5.74) is 1.20. The molecule has 2 amide bonds. The first-order valence-corrected chi connectivity index (χ1v) is 8.26. The number of carbonyl (C=O) groups is 2. The maximum absolute atomic E-state index is 13.0. The molecule has 0 aliphatic heterocycles. The number of benzene rings is 2. The monoisotopic (exact) mass is 364 g/mol. The van der Waals surface area contributed by atoms with Crippen LogP contribution in [0.5, 0.6) is 0 Å². The Bertz CT molecular complexity index is 933. The van der Waals surface area contributed by atoms with E-state index in [1.807, 2.05) is 0 Å². The Hall–Kier alpha value is -3.67. The first kappa shape index (κ1) is 18.1. The van der Waals surface area contributed by atoms with E-state index in [9.17, 15) is 14.0 Å². The molecule has 0 spiro atoms. The van der Waals surface area contributed by atoms with E-state index in [4.69, 9.17) is 4.42 Å². The second-order valence-electron chi connectivity index (χ2n) is 5.70. The summed E-state index contributed by atoms with van der Waals surface area (Å²) in [5.74, 6) is -0.820. The van der Waals surface area contributed by atoms with Gasteiger partial charge >= 0.3 is 0 Å². The lowest BCUT2D eigenvalue weighted by molar-refractivity contribution is -0.117. The van der Waals surface area contributed by atoms with Gasteiger partial charge < -0.3 is 15.1 Å². The third kappa shape index (κ3) is 5.15. The van der Waals surface area contributed by atoms with Gasteiger partial charge in [0.2, 0.25) is 0 Å². The van der Waals surface area contributed by atoms with Crippen molar-refractivity contribution in [3.8, 4) is 0 Å². The molecule has 5 nitrogen and oxygen atoms in total. The smallest absolute Gasteiger partial charge is 0.268 e. The lowest BCUT2D eigenvalue weighted by atomic mass is 10.2. The fourth-order valence-electron chi connectivity index (χ4n) is 2.34. The van der Waals surface area contributed by atoms with Crippen molar-refractivity contribution >= 4 is 17.9 Å². The minimum atomic E-state index is -0.486. The van der Waals surface area contributed by atoms with Crippen LogP contribution in [0.25, 0.3) is 6.08 Å². The van der Waals surface area contributed by atoms with Crippen molar-refractivity contribution in [3.05, 3.63) is 101 Å². The summed E-state index contributed by atoms with van der Waals surface area (Å²) >= 11 is 0. The molecule has 1 heterocycles. The van der Waals surface area contributed by atoms with Crippen molar-refractivity contribution in [3.63, 3.8) is 0 Å². The van der Waals surface area contributed by atoms with E-state index in [-0.39, 0.29) is 18.1 Å². The van der Waals surface area contributed by atoms with Crippen LogP contribution in [0.1, 0.15) is 21.7 Å². The fourth-order valence-corrected chi connectivity index (χ4v) is 2.34. The zero-order valence-electron chi connectivity index (χ0n) is 14.3. The molecular weight excluding hydrogens is 347 g/mol. The van der Waals surface area contributed by atoms with Gasteiger partial charge in [-0.1, -0.05) is 30.3 Å². The largest absolute Gasteiger partial charge is 0.465 e. The molecule has 0 radical (unpaired) electrons. The maximum atomic E-state index is 13.0. The Morgan fingerprint density at radius 2 is 1.70 bits per heavy atom. The Kier molecular flexibility index (Phi) is 5.79. The van der Waals surface area contributed by atoms with Gasteiger partial charge in [-0.3, -0.25) is 9.59 Å². The van der Waals surface area contributed by atoms with Crippen molar-refractivity contribution < 1.29 is 18.4 Å². The molecule has 0 saturated carbocycles. The number of amides is 2. The zero-order valence-corrected chi connectivity index (χ0v) is 14.3. The van der Waals surface area contributed by atoms with Gasteiger partial charge in [-0.25, -0.2) is 4.39 Å². The summed E-state index contributed by atoms with van der Waals surface area (Å²) in [5, 5.41) is 5.31. The van der Waals surface area contributed by atoms with E-state index in [2.05, 4.69) is 10.6 Å². The highest BCUT2D eigenvalue weighted by atomic mass is 19.1. The number of carbonyl (C=O) groups excluding carboxylic acids is 2. The molecule has 0 aliphatic rings. The molecule has 3 rings (SSSR count). The molecule has 136 valence electrons. The fraction of sp³-hybridized carbons (Fsp3) is 0.0476. The van der Waals surface area contributed by atoms with E-state index in [1.54, 1.807) is 54.6 Å². The molecule has 0 aliphatic carbocycles. The average molecular weight is 364 g/mol. The predicted octanol–water partition coefficient (Wildman–Crippen LogP) is 3.51. The summed E-state index contributed by atoms with van der Waals surface area (Å²) in [6, 6.07) is 17.7. The number of rotatable bonds is 6. The highest BCUT2D eigenvalue weighted by Crippen LogP contribution is 2.09. The summed E-state index contributed by atoms with van der Waals surface area (Å²) < 4.78 is 18.2. The predicted molar refractivity (Wildman–Crippen MR) is 98.8 cm³/mol. The number of furan rings is 1. The van der Waals surface area contributed by atoms with Crippen LogP contribution in [-0.2, 0) is 11.3 Å². The highest BCUT2D eigenvalue weighted by Gasteiger charge is 2.15. The molecule has 27 heavy (non-hydrogen) atoms. The van der Waals surface area contributed by atoms with Crippen molar-refractivity contribution in [1.29, 1.82) is 0 Å². The van der Waals surface area contributed by atoms with E-state index >= 15 is 0 Å². The summed E-state index contributed by atoms with van der Waals surface area (Å²) in [6.45, 7) is 0.190. The molecule has 0 fully saturated rings. The number of hydrogen-bond acceptors (Lipinski definition) is 3. The highest BCUT2D eigenvalue weighted by molar-refractivity contribution is 6.05. The van der Waals surface area contributed by atoms with Gasteiger partial charge in [0.25, 0.3) is 11.8 Å². The third-order valence-electron chi connectivity index (χ3n) is 3.72. The van der Waals surface area contributed by atoms with Gasteiger partial charge in [0, 0.05) is 18.2 Å². The molecule has 0 atom stereocenters. The number of hydrogen-bond donors (Lipinski definition) is 2. The third-order valence-corrected chi connectivity index (χ3v) is 3.72. The quantitative estimate of drug-likeness (QED) is 0.658. The van der Waals surface area contributed by atoms with Crippen molar-refractivity contribution in [2.45, 2.75) is 6.54 Å². The minimum absolute atomic E-state index is 0.0425. The van der Waals surface area contributed by atoms with Crippen LogP contribution in [0.3, 0.4) is 0 Å². The minimum Gasteiger partial charge on any atom is -0.465 e. The van der Waals surface area contributed by atoms with E-state index in [0.29, 0.717) is 11.3 Å². The maximum Gasteiger partial charge on any atom is 0.268 e. The molecular formula is C21H17FN2O3. The van der Waals surface area contributed by atoms with Gasteiger partial charge in [0.05, 0.1) is 6.26 Å². The summed E-state index contributed by atoms with van der Waals surface area (Å²) in [4.78, 5) is 25.0. The van der Waals surface area contributed by atoms with Crippen LogP contribution >= 0.6 is 0 Å². The van der Waals surface area contributed by atoms with E-state index in [1.165, 1.54) is 24.5 Å². The van der Waals surface area contributed by atoms with Crippen LogP contribution < -0.4 is 10.6 Å². The Morgan fingerprint density at radius 1 is 0.963 bits per heavy atom. The second-order valence-corrected chi connectivity index (χ2v) is 5.70. The van der Waals surface area contributed by atoms with Crippen molar-refractivity contribution in [2.75, 3.05) is 0 Å². The van der Waals surface area contributed by atoms with Crippen LogP contribution in [0.15, 0.2) is 83.1 Å². The Balaban J connectivity index is 1.74. The molecule has 0 unspecified atom stereocenters. The van der Waals surface area contributed by atoms with Crippen LogP contribution in [-0.4, -0.2) is 11.8 Å². The van der Waals surface area contributed by atoms with Gasteiger partial charge in [0.15, 0.2) is 0 Å². The molecule has 3 aromatic rings. The normalized spacial score (nSPS) is 11.1. The van der Waals surface area contributed by atoms with Gasteiger partial charge in [-0.15, -0.1) is 0 Å². The van der Waals surface area contributed by atoms with E-state index in [0.717, 1.165) is 5.56 Å². The number of halogens is 1. The van der Waals surface area contributed by atoms with Crippen LogP contribution in [0, 0.1) is 5.82 Å². The van der Waals surface area contributed by atoms with Crippen molar-refractivity contribution in [2.24, 2.45) is 0 Å². The first-order valence-electron chi connectivity index (χ1n) is 8.26. The summed E-state index contributed by atoms with van der Waals surface area (Å²) in [7, 11) is 0. The Labute approximate surface area is 155 Å².